The van der Waals surface area contributed by atoms with Gasteiger partial charge in [-0.1, -0.05) is 42.0 Å². The Balaban J connectivity index is 1.67. The van der Waals surface area contributed by atoms with Gasteiger partial charge in [0.25, 0.3) is 11.8 Å². The highest BCUT2D eigenvalue weighted by atomic mass is 32.1. The van der Waals surface area contributed by atoms with Crippen LogP contribution in [0.25, 0.3) is 11.6 Å². The number of amides is 2. The minimum Gasteiger partial charge on any atom is -0.334 e. The number of halogens is 1. The molecule has 0 radical (unpaired) electrons. The molecule has 158 valence electrons. The molecule has 1 aromatic heterocycles. The Morgan fingerprint density at radius 1 is 1.16 bits per heavy atom. The van der Waals surface area contributed by atoms with E-state index < -0.39 is 5.91 Å². The smallest absolute Gasteiger partial charge is 0.284 e. The molecule has 4 rings (SSSR count). The van der Waals surface area contributed by atoms with Gasteiger partial charge in [0.2, 0.25) is 0 Å². The normalized spacial score (nSPS) is 13.6. The molecule has 1 aliphatic heterocycles. The van der Waals surface area contributed by atoms with Crippen molar-refractivity contribution in [2.24, 2.45) is 0 Å². The average molecular weight is 437 g/mol. The summed E-state index contributed by atoms with van der Waals surface area (Å²) in [6.07, 6.45) is 2.34. The number of hydrogen-bond donors (Lipinski definition) is 2. The van der Waals surface area contributed by atoms with Crippen molar-refractivity contribution in [3.8, 4) is 0 Å². The highest BCUT2D eigenvalue weighted by Gasteiger charge is 2.26. The van der Waals surface area contributed by atoms with Crippen molar-refractivity contribution in [2.75, 3.05) is 6.54 Å². The van der Waals surface area contributed by atoms with Gasteiger partial charge in [-0.3, -0.25) is 14.8 Å². The van der Waals surface area contributed by atoms with Crippen LogP contribution in [0, 0.1) is 12.7 Å². The first-order valence-corrected chi connectivity index (χ1v) is 10.7. The third kappa shape index (κ3) is 4.57. The van der Waals surface area contributed by atoms with Crippen LogP contribution >= 0.6 is 11.3 Å². The molecule has 0 spiro atoms. The van der Waals surface area contributed by atoms with Gasteiger partial charge >= 0.3 is 0 Å². The number of nitrogens with zero attached hydrogens (tertiary/aromatic N) is 1. The highest BCUT2D eigenvalue weighted by Crippen LogP contribution is 2.30. The zero-order chi connectivity index (χ0) is 22.0. The van der Waals surface area contributed by atoms with Gasteiger partial charge in [0.1, 0.15) is 5.82 Å². The summed E-state index contributed by atoms with van der Waals surface area (Å²) in [4.78, 5) is 28.4. The van der Waals surface area contributed by atoms with Gasteiger partial charge in [-0.15, -0.1) is 11.3 Å². The summed E-state index contributed by atoms with van der Waals surface area (Å²) in [5.74, 6) is -1.07. The van der Waals surface area contributed by atoms with Crippen LogP contribution in [0.4, 0.5) is 4.39 Å². The van der Waals surface area contributed by atoms with Crippen molar-refractivity contribution in [3.63, 3.8) is 0 Å². The fourth-order valence-electron chi connectivity index (χ4n) is 3.61. The Labute approximate surface area is 183 Å². The second kappa shape index (κ2) is 8.83. The van der Waals surface area contributed by atoms with E-state index in [9.17, 15) is 14.0 Å². The maximum Gasteiger partial charge on any atom is 0.284 e. The van der Waals surface area contributed by atoms with Crippen molar-refractivity contribution in [3.05, 3.63) is 92.4 Å². The molecule has 0 saturated heterocycles. The number of carbonyl (C=O) groups is 2. The van der Waals surface area contributed by atoms with Crippen LogP contribution in [-0.2, 0) is 17.8 Å². The number of hydroxylamine groups is 1. The number of carbonyl (C=O) groups excluding carboxylic acids is 2. The Hall–Kier alpha value is -3.29. The van der Waals surface area contributed by atoms with E-state index in [1.165, 1.54) is 23.5 Å². The number of nitrogens with one attached hydrogen (secondary N) is 1. The largest absolute Gasteiger partial charge is 0.334 e. The summed E-state index contributed by atoms with van der Waals surface area (Å²) < 4.78 is 13.7. The Kier molecular flexibility index (Phi) is 5.97. The van der Waals surface area contributed by atoms with Crippen LogP contribution in [-0.4, -0.2) is 28.5 Å². The zero-order valence-electron chi connectivity index (χ0n) is 16.9. The van der Waals surface area contributed by atoms with Gasteiger partial charge in [-0.05, 0) is 54.3 Å². The molecule has 31 heavy (non-hydrogen) atoms. The monoisotopic (exact) mass is 436 g/mol. The molecule has 2 amide bonds. The summed E-state index contributed by atoms with van der Waals surface area (Å²) >= 11 is 1.33. The first-order chi connectivity index (χ1) is 14.9. The highest BCUT2D eigenvalue weighted by molar-refractivity contribution is 7.14. The van der Waals surface area contributed by atoms with Gasteiger partial charge in [-0.2, -0.15) is 0 Å². The lowest BCUT2D eigenvalue weighted by Crippen LogP contribution is -2.35. The molecule has 2 aromatic carbocycles. The molecular weight excluding hydrogens is 415 g/mol. The molecule has 0 unspecified atom stereocenters. The molecule has 0 aliphatic carbocycles. The quantitative estimate of drug-likeness (QED) is 0.275. The third-order valence-corrected chi connectivity index (χ3v) is 6.47. The first kappa shape index (κ1) is 21.0. The van der Waals surface area contributed by atoms with Crippen molar-refractivity contribution in [1.29, 1.82) is 0 Å². The second-order valence-corrected chi connectivity index (χ2v) is 8.59. The summed E-state index contributed by atoms with van der Waals surface area (Å²) in [7, 11) is 0. The minimum absolute atomic E-state index is 0.155. The molecule has 2 N–H and O–H groups in total. The van der Waals surface area contributed by atoms with Gasteiger partial charge in [0, 0.05) is 23.5 Å². The molecule has 2 heterocycles. The number of benzene rings is 2. The Morgan fingerprint density at radius 3 is 2.65 bits per heavy atom. The first-order valence-electron chi connectivity index (χ1n) is 9.84. The molecule has 0 fully saturated rings. The number of rotatable bonds is 4. The van der Waals surface area contributed by atoms with Gasteiger partial charge < -0.3 is 4.90 Å². The molecule has 3 aromatic rings. The lowest BCUT2D eigenvalue weighted by Gasteiger charge is -2.28. The van der Waals surface area contributed by atoms with Gasteiger partial charge in [0.05, 0.1) is 4.88 Å². The molecule has 0 atom stereocenters. The molecule has 5 nitrogen and oxygen atoms in total. The van der Waals surface area contributed by atoms with Crippen LogP contribution in [0.15, 0.2) is 54.6 Å². The van der Waals surface area contributed by atoms with E-state index in [0.29, 0.717) is 35.5 Å². The number of hydrogen-bond acceptors (Lipinski definition) is 4. The van der Waals surface area contributed by atoms with E-state index in [2.05, 4.69) is 0 Å². The van der Waals surface area contributed by atoms with Crippen molar-refractivity contribution < 1.29 is 19.2 Å². The molecule has 1 aliphatic rings. The van der Waals surface area contributed by atoms with Crippen LogP contribution in [0.1, 0.15) is 36.8 Å². The molecule has 7 heteroatoms. The van der Waals surface area contributed by atoms with Crippen LogP contribution in [0.3, 0.4) is 0 Å². The van der Waals surface area contributed by atoms with E-state index in [0.717, 1.165) is 21.6 Å². The van der Waals surface area contributed by atoms with E-state index in [4.69, 9.17) is 5.21 Å². The Morgan fingerprint density at radius 2 is 1.94 bits per heavy atom. The van der Waals surface area contributed by atoms with E-state index in [1.807, 2.05) is 31.2 Å². The summed E-state index contributed by atoms with van der Waals surface area (Å²) in [6.45, 7) is 2.86. The third-order valence-electron chi connectivity index (χ3n) is 5.23. The van der Waals surface area contributed by atoms with Crippen LogP contribution in [0.5, 0.6) is 0 Å². The van der Waals surface area contributed by atoms with Crippen molar-refractivity contribution >= 4 is 34.8 Å². The van der Waals surface area contributed by atoms with Crippen molar-refractivity contribution in [1.82, 2.24) is 10.4 Å². The molecule has 0 bridgehead atoms. The average Bonchev–Trinajstić information content (AvgIpc) is 3.21. The van der Waals surface area contributed by atoms with E-state index in [1.54, 1.807) is 34.7 Å². The number of aryl methyl sites for hydroxylation is 1. The van der Waals surface area contributed by atoms with Gasteiger partial charge in [0.15, 0.2) is 0 Å². The zero-order valence-corrected chi connectivity index (χ0v) is 17.7. The minimum atomic E-state index is -0.552. The SMILES string of the molecule is Cc1ccc(/C(=C\c2cccc(F)c2)C(=O)N2CCc3sc(C(=O)NO)cc3C2)cc1. The molecule has 0 saturated carbocycles. The lowest BCUT2D eigenvalue weighted by molar-refractivity contribution is -0.125. The predicted molar refractivity (Wildman–Crippen MR) is 118 cm³/mol. The van der Waals surface area contributed by atoms with Gasteiger partial charge in [-0.25, -0.2) is 9.87 Å². The summed E-state index contributed by atoms with van der Waals surface area (Å²) in [5.41, 5.74) is 5.49. The maximum absolute atomic E-state index is 13.7. The standard InChI is InChI=1S/C24H21FN2O3S/c1-15-5-7-17(8-6-15)20(12-16-3-2-4-19(25)11-16)24(29)27-10-9-21-18(14-27)13-22(31-21)23(28)26-30/h2-8,11-13,30H,9-10,14H2,1H3,(H,26,28)/b20-12+. The van der Waals surface area contributed by atoms with E-state index >= 15 is 0 Å². The number of thiophene rings is 1. The lowest BCUT2D eigenvalue weighted by atomic mass is 9.99. The Bertz CT molecular complexity index is 1170. The molecular formula is C24H21FN2O3S. The van der Waals surface area contributed by atoms with Crippen LogP contribution < -0.4 is 5.48 Å². The topological polar surface area (TPSA) is 69.6 Å². The van der Waals surface area contributed by atoms with Crippen molar-refractivity contribution in [2.45, 2.75) is 19.9 Å². The van der Waals surface area contributed by atoms with Crippen LogP contribution in [0.2, 0.25) is 0 Å². The fourth-order valence-corrected chi connectivity index (χ4v) is 4.66. The summed E-state index contributed by atoms with van der Waals surface area (Å²) in [6, 6.07) is 15.5. The maximum atomic E-state index is 13.7. The number of fused-ring (bicyclic) bond motifs is 1. The summed E-state index contributed by atoms with van der Waals surface area (Å²) in [5, 5.41) is 8.88. The van der Waals surface area contributed by atoms with E-state index in [-0.39, 0.29) is 11.7 Å². The fraction of sp³-hybridized carbons (Fsp3) is 0.167. The second-order valence-electron chi connectivity index (χ2n) is 7.46. The predicted octanol–water partition coefficient (Wildman–Crippen LogP) is 4.44.